The minimum absolute atomic E-state index is 0.136. The summed E-state index contributed by atoms with van der Waals surface area (Å²) in [5.74, 6) is 0.302. The number of halogens is 1. The van der Waals surface area contributed by atoms with Crippen molar-refractivity contribution in [1.29, 1.82) is 0 Å². The molecule has 0 aliphatic rings. The number of rotatable bonds is 11. The molecule has 0 aliphatic heterocycles. The Morgan fingerprint density at radius 1 is 0.974 bits per heavy atom. The molecule has 1 atom stereocenters. The van der Waals surface area contributed by atoms with Gasteiger partial charge in [0.15, 0.2) is 11.5 Å². The van der Waals surface area contributed by atoms with Crippen LogP contribution in [0.5, 0.6) is 11.5 Å². The number of nitrogens with zero attached hydrogens (tertiary/aromatic N) is 1. The lowest BCUT2D eigenvalue weighted by Gasteiger charge is -2.20. The zero-order valence-electron chi connectivity index (χ0n) is 22.4. The fourth-order valence-electron chi connectivity index (χ4n) is 3.61. The summed E-state index contributed by atoms with van der Waals surface area (Å²) in [7, 11) is 0. The molecular formula is C30H34BrN3O4. The molecule has 0 fully saturated rings. The number of aryl methyl sites for hydroxylation is 2. The van der Waals surface area contributed by atoms with Crippen LogP contribution in [0.3, 0.4) is 0 Å². The van der Waals surface area contributed by atoms with Crippen LogP contribution < -0.4 is 20.2 Å². The third-order valence-electron chi connectivity index (χ3n) is 5.77. The van der Waals surface area contributed by atoms with Gasteiger partial charge in [0, 0.05) is 5.56 Å². The van der Waals surface area contributed by atoms with Crippen LogP contribution in [0.25, 0.3) is 0 Å². The van der Waals surface area contributed by atoms with E-state index in [0.29, 0.717) is 40.3 Å². The first kappa shape index (κ1) is 28.9. The zero-order valence-corrected chi connectivity index (χ0v) is 24.0. The molecule has 2 N–H and O–H groups in total. The molecule has 3 aromatic carbocycles. The highest BCUT2D eigenvalue weighted by molar-refractivity contribution is 9.10. The fourth-order valence-corrected chi connectivity index (χ4v) is 4.18. The third kappa shape index (κ3) is 8.18. The lowest BCUT2D eigenvalue weighted by molar-refractivity contribution is -0.123. The Labute approximate surface area is 232 Å². The summed E-state index contributed by atoms with van der Waals surface area (Å²) in [5.41, 5.74) is 7.03. The van der Waals surface area contributed by atoms with Gasteiger partial charge >= 0.3 is 0 Å². The molecule has 0 saturated heterocycles. The average Bonchev–Trinajstić information content (AvgIpc) is 2.88. The SMILES string of the molecule is CCOc1cc(/C=N\NC(=O)C(NC(=O)c2ccc(C)cc2)C(C)C)cc(Br)c1OCc1ccc(C)cc1. The van der Waals surface area contributed by atoms with E-state index < -0.39 is 11.9 Å². The first-order chi connectivity index (χ1) is 18.2. The van der Waals surface area contributed by atoms with Gasteiger partial charge in [-0.25, -0.2) is 5.43 Å². The third-order valence-corrected chi connectivity index (χ3v) is 6.36. The Morgan fingerprint density at radius 2 is 1.61 bits per heavy atom. The fraction of sp³-hybridized carbons (Fsp3) is 0.300. The van der Waals surface area contributed by atoms with E-state index in [4.69, 9.17) is 9.47 Å². The number of carbonyl (C=O) groups excluding carboxylic acids is 2. The molecule has 3 aromatic rings. The molecule has 0 heterocycles. The summed E-state index contributed by atoms with van der Waals surface area (Å²) in [5, 5.41) is 6.92. The van der Waals surface area contributed by atoms with Crippen molar-refractivity contribution >= 4 is 34.0 Å². The number of benzene rings is 3. The molecule has 3 rings (SSSR count). The zero-order chi connectivity index (χ0) is 27.7. The van der Waals surface area contributed by atoms with Gasteiger partial charge in [-0.1, -0.05) is 61.4 Å². The van der Waals surface area contributed by atoms with Crippen molar-refractivity contribution in [3.8, 4) is 11.5 Å². The van der Waals surface area contributed by atoms with Crippen molar-refractivity contribution in [3.63, 3.8) is 0 Å². The minimum Gasteiger partial charge on any atom is -0.490 e. The van der Waals surface area contributed by atoms with Crippen molar-refractivity contribution < 1.29 is 19.1 Å². The monoisotopic (exact) mass is 579 g/mol. The number of hydrogen-bond donors (Lipinski definition) is 2. The first-order valence-corrected chi connectivity index (χ1v) is 13.3. The summed E-state index contributed by atoms with van der Waals surface area (Å²) in [6.45, 7) is 10.5. The van der Waals surface area contributed by atoms with Crippen LogP contribution in [0.2, 0.25) is 0 Å². The number of hydrazone groups is 1. The number of nitrogens with one attached hydrogen (secondary N) is 2. The Balaban J connectivity index is 1.67. The summed E-state index contributed by atoms with van der Waals surface area (Å²) in [4.78, 5) is 25.5. The number of hydrogen-bond acceptors (Lipinski definition) is 5. The molecular weight excluding hydrogens is 546 g/mol. The molecule has 0 bridgehead atoms. The van der Waals surface area contributed by atoms with E-state index in [1.54, 1.807) is 18.2 Å². The van der Waals surface area contributed by atoms with Gasteiger partial charge in [-0.2, -0.15) is 5.10 Å². The number of amides is 2. The minimum atomic E-state index is -0.746. The summed E-state index contributed by atoms with van der Waals surface area (Å²) >= 11 is 3.57. The highest BCUT2D eigenvalue weighted by Gasteiger charge is 2.24. The maximum absolute atomic E-state index is 12.8. The molecule has 0 aliphatic carbocycles. The largest absolute Gasteiger partial charge is 0.490 e. The van der Waals surface area contributed by atoms with E-state index >= 15 is 0 Å². The van der Waals surface area contributed by atoms with E-state index in [-0.39, 0.29) is 11.8 Å². The second kappa shape index (κ2) is 13.8. The van der Waals surface area contributed by atoms with E-state index in [0.717, 1.165) is 11.1 Å². The van der Waals surface area contributed by atoms with Crippen LogP contribution in [0.15, 0.2) is 70.2 Å². The van der Waals surface area contributed by atoms with Crippen molar-refractivity contribution in [2.24, 2.45) is 11.0 Å². The molecule has 7 nitrogen and oxygen atoms in total. The van der Waals surface area contributed by atoms with Gasteiger partial charge < -0.3 is 14.8 Å². The molecule has 0 spiro atoms. The van der Waals surface area contributed by atoms with E-state index in [1.165, 1.54) is 11.8 Å². The predicted octanol–water partition coefficient (Wildman–Crippen LogP) is 5.95. The van der Waals surface area contributed by atoms with Crippen molar-refractivity contribution in [2.45, 2.75) is 47.3 Å². The normalized spacial score (nSPS) is 11.9. The number of carbonyl (C=O) groups is 2. The lowest BCUT2D eigenvalue weighted by Crippen LogP contribution is -2.48. The van der Waals surface area contributed by atoms with Gasteiger partial charge in [0.05, 0.1) is 17.3 Å². The van der Waals surface area contributed by atoms with E-state index in [2.05, 4.69) is 31.8 Å². The second-order valence-electron chi connectivity index (χ2n) is 9.33. The molecule has 38 heavy (non-hydrogen) atoms. The number of ether oxygens (including phenoxy) is 2. The second-order valence-corrected chi connectivity index (χ2v) is 10.2. The Bertz CT molecular complexity index is 1270. The average molecular weight is 581 g/mol. The smallest absolute Gasteiger partial charge is 0.262 e. The summed E-state index contributed by atoms with van der Waals surface area (Å²) < 4.78 is 12.6. The van der Waals surface area contributed by atoms with Gasteiger partial charge in [-0.05, 0) is 78.0 Å². The molecule has 8 heteroatoms. The Kier molecular flexibility index (Phi) is 10.5. The van der Waals surface area contributed by atoms with Crippen molar-refractivity contribution in [1.82, 2.24) is 10.7 Å². The molecule has 0 radical (unpaired) electrons. The first-order valence-electron chi connectivity index (χ1n) is 12.5. The standard InChI is InChI=1S/C30H34BrN3O4/c1-6-37-26-16-23(15-25(31)28(26)38-18-22-11-7-20(4)8-12-22)17-32-34-30(36)27(19(2)3)33-29(35)24-13-9-21(5)10-14-24/h7-17,19,27H,6,18H2,1-5H3,(H,33,35)(H,34,36)/b32-17-. The van der Waals surface area contributed by atoms with Crippen LogP contribution >= 0.6 is 15.9 Å². The van der Waals surface area contributed by atoms with Crippen LogP contribution in [0.1, 0.15) is 53.4 Å². The van der Waals surface area contributed by atoms with E-state index in [1.807, 2.05) is 77.1 Å². The maximum atomic E-state index is 12.8. The molecule has 0 aromatic heterocycles. The quantitative estimate of drug-likeness (QED) is 0.217. The predicted molar refractivity (Wildman–Crippen MR) is 154 cm³/mol. The van der Waals surface area contributed by atoms with Gasteiger partial charge in [-0.15, -0.1) is 0 Å². The summed E-state index contributed by atoms with van der Waals surface area (Å²) in [6, 6.07) is 18.2. The Hall–Kier alpha value is -3.65. The van der Waals surface area contributed by atoms with Crippen LogP contribution in [0.4, 0.5) is 0 Å². The highest BCUT2D eigenvalue weighted by atomic mass is 79.9. The lowest BCUT2D eigenvalue weighted by atomic mass is 10.0. The van der Waals surface area contributed by atoms with Gasteiger partial charge in [0.2, 0.25) is 0 Å². The van der Waals surface area contributed by atoms with Crippen LogP contribution in [-0.2, 0) is 11.4 Å². The Morgan fingerprint density at radius 3 is 2.21 bits per heavy atom. The van der Waals surface area contributed by atoms with E-state index in [9.17, 15) is 9.59 Å². The van der Waals surface area contributed by atoms with Crippen LogP contribution in [-0.4, -0.2) is 30.7 Å². The maximum Gasteiger partial charge on any atom is 0.262 e. The molecule has 1 unspecified atom stereocenters. The molecule has 2 amide bonds. The van der Waals surface area contributed by atoms with Crippen LogP contribution in [0, 0.1) is 19.8 Å². The topological polar surface area (TPSA) is 89.0 Å². The molecule has 0 saturated carbocycles. The molecule has 200 valence electrons. The van der Waals surface area contributed by atoms with Gasteiger partial charge in [0.25, 0.3) is 11.8 Å². The van der Waals surface area contributed by atoms with Crippen molar-refractivity contribution in [3.05, 3.63) is 93.0 Å². The van der Waals surface area contributed by atoms with Crippen molar-refractivity contribution in [2.75, 3.05) is 6.61 Å². The van der Waals surface area contributed by atoms with Gasteiger partial charge in [0.1, 0.15) is 12.6 Å². The highest BCUT2D eigenvalue weighted by Crippen LogP contribution is 2.37. The summed E-state index contributed by atoms with van der Waals surface area (Å²) in [6.07, 6.45) is 1.52. The van der Waals surface area contributed by atoms with Gasteiger partial charge in [-0.3, -0.25) is 9.59 Å².